The predicted octanol–water partition coefficient (Wildman–Crippen LogP) is 22.4. The number of allylic oxidation sites excluding steroid dienone is 9. The number of rotatable bonds is 20. The maximum Gasteiger partial charge on any atom is 0.491 e. The van der Waals surface area contributed by atoms with Crippen molar-refractivity contribution in [3.8, 4) is 34.5 Å². The second-order valence-corrected chi connectivity index (χ2v) is 30.5. The quantitative estimate of drug-likeness (QED) is 0.0332. The van der Waals surface area contributed by atoms with Gasteiger partial charge in [0, 0.05) is 22.7 Å². The molecule has 592 valence electrons. The molecule has 1 fully saturated rings. The Morgan fingerprint density at radius 2 is 0.724 bits per heavy atom. The SMILES string of the molecule is Brc1ccc2c(c1)OCCO2.CC/C(=C(\C1=Cc2ccccc2C1)c1ccc(/C=C/C(=O)O)cc1)c1ccc2c(c1)OCCO2.CCOC(=O)/C=C/c1ccc(/C(C2=Cc3ccccc3C2)=C(/CC)B2OC(C)(C)C(C)(C)O2)cc1.CCOC(=O)/C=C/c1ccc(/C(C2=Cc3ccccc3C2)=C(/CC)c2ccc3c(c2)OCCO3)cc1. The molecule has 0 radical (unpaired) electrons. The van der Waals surface area contributed by atoms with Crippen LogP contribution in [0.3, 0.4) is 0 Å². The van der Waals surface area contributed by atoms with E-state index in [0.717, 1.165) is 134 Å². The monoisotopic (exact) mass is 1610 g/mol. The van der Waals surface area contributed by atoms with Crippen LogP contribution in [0.5, 0.6) is 34.5 Å². The number of carbonyl (C=O) groups is 3. The van der Waals surface area contributed by atoms with E-state index in [2.05, 4.69) is 216 Å². The first kappa shape index (κ1) is 82.3. The Morgan fingerprint density at radius 3 is 1.08 bits per heavy atom. The standard InChI is InChI=1S/C32H30O4.C30H35BO4.C30H26O4.C8H7BrO2/c1-3-28(26-14-15-29-30(21-26)36-18-17-35-29)32(27-19-24-7-5-6-8-25(24)20-27)23-12-9-22(10-13-23)11-16-31(33)34-4-2;1-7-26(31-34-29(3,4)30(5,6)35-31)28(25-19-23-11-9-10-12-24(23)20-25)22-16-13-21(14-17-22)15-18-27(32)33-8-2;1-2-26(24-12-13-27-28(19-24)34-16-15-33-27)30(25-17-22-5-3-4-6-23(22)18-25)21-10-7-20(8-11-21)9-14-29(31)32;9-6-1-2-7-8(5-6)11-4-3-10-7/h5-16,19,21H,3-4,17-18,20H2,1-2H3;9-19H,7-8,20H2,1-6H3;3-14,17,19H,2,15-16,18H2,1H3,(H,31,32);1-2,5H,3-4H2/b16-11+,32-28+;18-15+,28-26+;14-9+,30-26+;. The zero-order chi connectivity index (χ0) is 81.3. The van der Waals surface area contributed by atoms with Crippen molar-refractivity contribution < 1.29 is 66.7 Å². The minimum absolute atomic E-state index is 0.331. The molecule has 0 aromatic heterocycles. The van der Waals surface area contributed by atoms with E-state index in [1.54, 1.807) is 32.1 Å². The number of carbonyl (C=O) groups excluding carboxylic acids is 2. The molecule has 9 aromatic rings. The Balaban J connectivity index is 0.000000141. The molecule has 14 nitrogen and oxygen atoms in total. The van der Waals surface area contributed by atoms with E-state index in [0.29, 0.717) is 52.9 Å². The number of ether oxygens (including phenoxy) is 8. The molecule has 7 aliphatic rings. The largest absolute Gasteiger partial charge is 0.491 e. The lowest BCUT2D eigenvalue weighted by molar-refractivity contribution is -0.138. The first-order chi connectivity index (χ1) is 56.3. The average molecular weight is 1610 g/mol. The van der Waals surface area contributed by atoms with Crippen LogP contribution in [0, 0.1) is 0 Å². The highest BCUT2D eigenvalue weighted by atomic mass is 79.9. The van der Waals surface area contributed by atoms with Crippen LogP contribution in [-0.4, -0.2) is 94.2 Å². The van der Waals surface area contributed by atoms with Crippen LogP contribution in [-0.2, 0) is 52.4 Å². The lowest BCUT2D eigenvalue weighted by Gasteiger charge is -2.32. The van der Waals surface area contributed by atoms with E-state index in [1.165, 1.54) is 90.1 Å². The normalized spacial score (nSPS) is 16.1. The van der Waals surface area contributed by atoms with Crippen molar-refractivity contribution in [1.82, 2.24) is 0 Å². The Bertz CT molecular complexity index is 5380. The van der Waals surface area contributed by atoms with Crippen molar-refractivity contribution in [3.63, 3.8) is 0 Å². The van der Waals surface area contributed by atoms with Crippen LogP contribution in [0.4, 0.5) is 0 Å². The second kappa shape index (κ2) is 38.2. The van der Waals surface area contributed by atoms with Gasteiger partial charge < -0.3 is 52.3 Å². The minimum Gasteiger partial charge on any atom is -0.486 e. The second-order valence-electron chi connectivity index (χ2n) is 29.6. The summed E-state index contributed by atoms with van der Waals surface area (Å²) in [4.78, 5) is 34.3. The molecule has 0 spiro atoms. The van der Waals surface area contributed by atoms with Crippen molar-refractivity contribution in [2.75, 3.05) is 52.9 Å². The summed E-state index contributed by atoms with van der Waals surface area (Å²) in [6.07, 6.45) is 21.3. The molecule has 4 aliphatic heterocycles. The zero-order valence-electron chi connectivity index (χ0n) is 67.4. The fraction of sp³-hybridized carbons (Fsp3) is 0.250. The molecule has 0 amide bonds. The molecule has 0 atom stereocenters. The van der Waals surface area contributed by atoms with Crippen LogP contribution < -0.4 is 28.4 Å². The Hall–Kier alpha value is -11.7. The van der Waals surface area contributed by atoms with Crippen LogP contribution in [0.1, 0.15) is 159 Å². The van der Waals surface area contributed by atoms with Gasteiger partial charge in [-0.1, -0.05) is 213 Å². The van der Waals surface area contributed by atoms with Gasteiger partial charge in [0.2, 0.25) is 0 Å². The van der Waals surface area contributed by atoms with Gasteiger partial charge >= 0.3 is 25.0 Å². The van der Waals surface area contributed by atoms with E-state index in [-0.39, 0.29) is 11.9 Å². The van der Waals surface area contributed by atoms with E-state index in [9.17, 15) is 14.4 Å². The fourth-order valence-corrected chi connectivity index (χ4v) is 15.5. The van der Waals surface area contributed by atoms with Gasteiger partial charge in [-0.05, 0) is 269 Å². The fourth-order valence-electron chi connectivity index (χ4n) is 15.1. The number of hydrogen-bond acceptors (Lipinski definition) is 13. The third-order valence-electron chi connectivity index (χ3n) is 21.5. The number of fused-ring (bicyclic) bond motifs is 6. The molecule has 1 saturated heterocycles. The average Bonchev–Trinajstić information content (AvgIpc) is 1.59. The molecule has 3 aliphatic carbocycles. The number of halogens is 1. The highest BCUT2D eigenvalue weighted by Gasteiger charge is 2.53. The van der Waals surface area contributed by atoms with Crippen molar-refractivity contribution in [1.29, 1.82) is 0 Å². The summed E-state index contributed by atoms with van der Waals surface area (Å²) < 4.78 is 57.9. The number of hydrogen-bond donors (Lipinski definition) is 1. The molecular formula is C100H98BBrO14. The van der Waals surface area contributed by atoms with Crippen molar-refractivity contribution >= 4 is 105 Å². The van der Waals surface area contributed by atoms with Gasteiger partial charge in [-0.25, -0.2) is 14.4 Å². The molecule has 4 heterocycles. The van der Waals surface area contributed by atoms with E-state index in [1.807, 2.05) is 66.7 Å². The van der Waals surface area contributed by atoms with E-state index < -0.39 is 24.3 Å². The summed E-state index contributed by atoms with van der Waals surface area (Å²) in [6.45, 7) is 22.8. The van der Waals surface area contributed by atoms with Crippen molar-refractivity contribution in [2.45, 2.75) is 112 Å². The maximum absolute atomic E-state index is 11.7. The van der Waals surface area contributed by atoms with Gasteiger partial charge in [0.1, 0.15) is 39.6 Å². The molecule has 116 heavy (non-hydrogen) atoms. The smallest absolute Gasteiger partial charge is 0.486 e. The maximum atomic E-state index is 11.7. The van der Waals surface area contributed by atoms with Crippen LogP contribution in [0.25, 0.3) is 64.3 Å². The summed E-state index contributed by atoms with van der Waals surface area (Å²) >= 11 is 3.35. The van der Waals surface area contributed by atoms with Crippen LogP contribution in [0.15, 0.2) is 245 Å². The molecule has 0 unspecified atom stereocenters. The molecule has 16 rings (SSSR count). The molecule has 0 saturated carbocycles. The summed E-state index contributed by atoms with van der Waals surface area (Å²) in [7, 11) is -0.409. The molecule has 0 bridgehead atoms. The lowest BCUT2D eigenvalue weighted by atomic mass is 9.70. The van der Waals surface area contributed by atoms with Crippen molar-refractivity contribution in [3.05, 3.63) is 323 Å². The zero-order valence-corrected chi connectivity index (χ0v) is 68.9. The van der Waals surface area contributed by atoms with E-state index >= 15 is 0 Å². The molecular weight excluding hydrogens is 1520 g/mol. The number of esters is 2. The van der Waals surface area contributed by atoms with Gasteiger partial charge in [-0.15, -0.1) is 0 Å². The predicted molar refractivity (Wildman–Crippen MR) is 469 cm³/mol. The molecule has 9 aromatic carbocycles. The number of aliphatic carboxylic acids is 1. The molecule has 16 heteroatoms. The van der Waals surface area contributed by atoms with Crippen LogP contribution in [0.2, 0.25) is 0 Å². The van der Waals surface area contributed by atoms with Crippen molar-refractivity contribution in [2.24, 2.45) is 0 Å². The van der Waals surface area contributed by atoms with Crippen LogP contribution >= 0.6 is 15.9 Å². The van der Waals surface area contributed by atoms with Gasteiger partial charge in [-0.3, -0.25) is 0 Å². The third kappa shape index (κ3) is 20.0. The Morgan fingerprint density at radius 1 is 0.397 bits per heavy atom. The number of carboxylic acid groups (broad SMARTS) is 1. The topological polar surface area (TPSA) is 164 Å². The summed E-state index contributed by atoms with van der Waals surface area (Å²) in [5.74, 6) is 3.21. The van der Waals surface area contributed by atoms with Gasteiger partial charge in [0.25, 0.3) is 0 Å². The first-order valence-electron chi connectivity index (χ1n) is 40.0. The first-order valence-corrected chi connectivity index (χ1v) is 40.8. The summed E-state index contributed by atoms with van der Waals surface area (Å²) in [5, 5.41) is 8.94. The highest BCUT2D eigenvalue weighted by molar-refractivity contribution is 9.10. The highest BCUT2D eigenvalue weighted by Crippen LogP contribution is 2.48. The van der Waals surface area contributed by atoms with E-state index in [4.69, 9.17) is 52.3 Å². The third-order valence-corrected chi connectivity index (χ3v) is 22.0. The number of carboxylic acids is 1. The minimum atomic E-state index is -0.953. The number of benzene rings is 9. The summed E-state index contributed by atoms with van der Waals surface area (Å²) in [5.41, 5.74) is 26.5. The molecule has 1 N–H and O–H groups in total. The Kier molecular flexibility index (Phi) is 27.1. The summed E-state index contributed by atoms with van der Waals surface area (Å²) in [6, 6.07) is 68.6. The van der Waals surface area contributed by atoms with Gasteiger partial charge in [0.05, 0.1) is 24.4 Å². The van der Waals surface area contributed by atoms with Gasteiger partial charge in [0.15, 0.2) is 34.5 Å². The van der Waals surface area contributed by atoms with Gasteiger partial charge in [-0.2, -0.15) is 0 Å². The Labute approximate surface area is 690 Å². The lowest BCUT2D eigenvalue weighted by Crippen LogP contribution is -2.41.